The molecule has 5 nitrogen and oxygen atoms in total. The molecule has 0 saturated carbocycles. The van der Waals surface area contributed by atoms with Gasteiger partial charge in [0.2, 0.25) is 5.91 Å². The molecule has 2 aromatic carbocycles. The summed E-state index contributed by atoms with van der Waals surface area (Å²) in [5.74, 6) is 0.201. The van der Waals surface area contributed by atoms with Crippen LogP contribution in [0.4, 0.5) is 5.69 Å². The summed E-state index contributed by atoms with van der Waals surface area (Å²) in [6, 6.07) is 13.7. The van der Waals surface area contributed by atoms with Crippen LogP contribution in [-0.2, 0) is 4.79 Å². The zero-order chi connectivity index (χ0) is 18.4. The minimum atomic E-state index is -0.415. The topological polar surface area (TPSA) is 72.2 Å². The SMILES string of the molecule is C[C@H](SCC(=O)N[C@H](C)c1ccc(Cl)cc1)c1cccc([N+](=O)[O-])c1. The summed E-state index contributed by atoms with van der Waals surface area (Å²) in [4.78, 5) is 22.6. The van der Waals surface area contributed by atoms with Crippen LogP contribution >= 0.6 is 23.4 Å². The summed E-state index contributed by atoms with van der Waals surface area (Å²) < 4.78 is 0. The van der Waals surface area contributed by atoms with E-state index in [-0.39, 0.29) is 28.6 Å². The van der Waals surface area contributed by atoms with Gasteiger partial charge in [0.1, 0.15) is 0 Å². The van der Waals surface area contributed by atoms with Gasteiger partial charge >= 0.3 is 0 Å². The molecule has 0 heterocycles. The van der Waals surface area contributed by atoms with Gasteiger partial charge in [-0.1, -0.05) is 35.9 Å². The van der Waals surface area contributed by atoms with Crippen LogP contribution in [0.1, 0.15) is 36.3 Å². The Morgan fingerprint density at radius 2 is 1.88 bits per heavy atom. The lowest BCUT2D eigenvalue weighted by Crippen LogP contribution is -2.28. The van der Waals surface area contributed by atoms with E-state index in [4.69, 9.17) is 11.6 Å². The third kappa shape index (κ3) is 5.76. The Bertz CT molecular complexity index is 752. The smallest absolute Gasteiger partial charge is 0.269 e. The fourth-order valence-electron chi connectivity index (χ4n) is 2.31. The number of carbonyl (C=O) groups excluding carboxylic acids is 1. The number of benzene rings is 2. The number of amides is 1. The number of nitro groups is 1. The maximum absolute atomic E-state index is 12.1. The number of hydrogen-bond donors (Lipinski definition) is 1. The maximum Gasteiger partial charge on any atom is 0.269 e. The van der Waals surface area contributed by atoms with Crippen molar-refractivity contribution in [3.05, 3.63) is 74.8 Å². The molecule has 1 N–H and O–H groups in total. The maximum atomic E-state index is 12.1. The first-order chi connectivity index (χ1) is 11.9. The highest BCUT2D eigenvalue weighted by Crippen LogP contribution is 2.30. The molecule has 2 rings (SSSR count). The molecule has 0 fully saturated rings. The largest absolute Gasteiger partial charge is 0.349 e. The van der Waals surface area contributed by atoms with Crippen molar-refractivity contribution in [3.8, 4) is 0 Å². The zero-order valence-corrected chi connectivity index (χ0v) is 15.5. The predicted octanol–water partition coefficient (Wildman–Crippen LogP) is 4.92. The van der Waals surface area contributed by atoms with E-state index in [1.807, 2.05) is 32.0 Å². The molecular weight excluding hydrogens is 360 g/mol. The average Bonchev–Trinajstić information content (AvgIpc) is 2.60. The number of nitrogens with zero attached hydrogens (tertiary/aromatic N) is 1. The second kappa shape index (κ2) is 8.87. The molecule has 0 aliphatic rings. The molecule has 0 spiro atoms. The fraction of sp³-hybridized carbons (Fsp3) is 0.278. The van der Waals surface area contributed by atoms with E-state index >= 15 is 0 Å². The second-order valence-electron chi connectivity index (χ2n) is 5.65. The summed E-state index contributed by atoms with van der Waals surface area (Å²) >= 11 is 7.30. The van der Waals surface area contributed by atoms with Gasteiger partial charge in [0, 0.05) is 22.4 Å². The van der Waals surface area contributed by atoms with E-state index in [9.17, 15) is 14.9 Å². The lowest BCUT2D eigenvalue weighted by Gasteiger charge is -2.16. The molecule has 0 radical (unpaired) electrons. The van der Waals surface area contributed by atoms with Gasteiger partial charge < -0.3 is 5.32 Å². The van der Waals surface area contributed by atoms with Crippen molar-refractivity contribution < 1.29 is 9.72 Å². The molecule has 25 heavy (non-hydrogen) atoms. The Labute approximate surface area is 155 Å². The quantitative estimate of drug-likeness (QED) is 0.548. The zero-order valence-electron chi connectivity index (χ0n) is 13.9. The van der Waals surface area contributed by atoms with E-state index in [0.29, 0.717) is 5.02 Å². The minimum Gasteiger partial charge on any atom is -0.349 e. The Morgan fingerprint density at radius 3 is 2.52 bits per heavy atom. The Balaban J connectivity index is 1.87. The van der Waals surface area contributed by atoms with Crippen molar-refractivity contribution in [2.24, 2.45) is 0 Å². The number of carbonyl (C=O) groups is 1. The van der Waals surface area contributed by atoms with Crippen LogP contribution < -0.4 is 5.32 Å². The Morgan fingerprint density at radius 1 is 1.20 bits per heavy atom. The van der Waals surface area contributed by atoms with E-state index in [1.54, 1.807) is 24.3 Å². The van der Waals surface area contributed by atoms with Gasteiger partial charge in [0.25, 0.3) is 5.69 Å². The van der Waals surface area contributed by atoms with Crippen LogP contribution in [0.25, 0.3) is 0 Å². The van der Waals surface area contributed by atoms with Crippen molar-refractivity contribution in [2.75, 3.05) is 5.75 Å². The van der Waals surface area contributed by atoms with Crippen LogP contribution in [0.3, 0.4) is 0 Å². The lowest BCUT2D eigenvalue weighted by molar-refractivity contribution is -0.384. The first kappa shape index (κ1) is 19.3. The van der Waals surface area contributed by atoms with Gasteiger partial charge in [-0.25, -0.2) is 0 Å². The molecule has 132 valence electrons. The number of nitrogens with one attached hydrogen (secondary N) is 1. The minimum absolute atomic E-state index is 0.0171. The van der Waals surface area contributed by atoms with Gasteiger partial charge in [-0.2, -0.15) is 0 Å². The summed E-state index contributed by atoms with van der Waals surface area (Å²) in [6.45, 7) is 3.84. The van der Waals surface area contributed by atoms with Crippen LogP contribution in [0.5, 0.6) is 0 Å². The predicted molar refractivity (Wildman–Crippen MR) is 102 cm³/mol. The lowest BCUT2D eigenvalue weighted by atomic mass is 10.1. The number of thioether (sulfide) groups is 1. The molecule has 0 saturated heterocycles. The van der Waals surface area contributed by atoms with Gasteiger partial charge in [-0.15, -0.1) is 11.8 Å². The van der Waals surface area contributed by atoms with Gasteiger partial charge in [0.05, 0.1) is 16.7 Å². The van der Waals surface area contributed by atoms with Crippen molar-refractivity contribution in [1.82, 2.24) is 5.32 Å². The molecule has 7 heteroatoms. The van der Waals surface area contributed by atoms with Crippen LogP contribution in [-0.4, -0.2) is 16.6 Å². The van der Waals surface area contributed by atoms with E-state index < -0.39 is 4.92 Å². The molecule has 0 aliphatic heterocycles. The molecule has 0 bridgehead atoms. The number of non-ortho nitro benzene ring substituents is 1. The molecular formula is C18H19ClN2O3S. The third-order valence-electron chi connectivity index (χ3n) is 3.76. The molecule has 2 atom stereocenters. The Kier molecular flexibility index (Phi) is 6.84. The van der Waals surface area contributed by atoms with E-state index in [2.05, 4.69) is 5.32 Å². The van der Waals surface area contributed by atoms with Crippen molar-refractivity contribution in [1.29, 1.82) is 0 Å². The van der Waals surface area contributed by atoms with E-state index in [0.717, 1.165) is 11.1 Å². The van der Waals surface area contributed by atoms with E-state index in [1.165, 1.54) is 17.8 Å². The fourth-order valence-corrected chi connectivity index (χ4v) is 3.26. The highest BCUT2D eigenvalue weighted by molar-refractivity contribution is 8.00. The second-order valence-corrected chi connectivity index (χ2v) is 7.41. The summed E-state index contributed by atoms with van der Waals surface area (Å²) in [7, 11) is 0. The number of rotatable bonds is 7. The average molecular weight is 379 g/mol. The normalized spacial score (nSPS) is 13.1. The standard InChI is InChI=1S/C18H19ClN2O3S/c1-12(14-6-8-16(19)9-7-14)20-18(22)11-25-13(2)15-4-3-5-17(10-15)21(23)24/h3-10,12-13H,11H2,1-2H3,(H,20,22)/t12-,13+/m1/s1. The molecule has 1 amide bonds. The summed E-state index contributed by atoms with van der Waals surface area (Å²) in [5, 5.41) is 14.4. The summed E-state index contributed by atoms with van der Waals surface area (Å²) in [6.07, 6.45) is 0. The summed E-state index contributed by atoms with van der Waals surface area (Å²) in [5.41, 5.74) is 1.87. The number of halogens is 1. The van der Waals surface area contributed by atoms with Crippen molar-refractivity contribution in [2.45, 2.75) is 25.1 Å². The third-order valence-corrected chi connectivity index (χ3v) is 5.22. The van der Waals surface area contributed by atoms with Crippen LogP contribution in [0.2, 0.25) is 5.02 Å². The number of nitro benzene ring substituents is 1. The highest BCUT2D eigenvalue weighted by atomic mass is 35.5. The Hall–Kier alpha value is -2.05. The van der Waals surface area contributed by atoms with Gasteiger partial charge in [0.15, 0.2) is 0 Å². The van der Waals surface area contributed by atoms with Crippen LogP contribution in [0, 0.1) is 10.1 Å². The molecule has 2 aromatic rings. The number of hydrogen-bond acceptors (Lipinski definition) is 4. The van der Waals surface area contributed by atoms with Crippen molar-refractivity contribution in [3.63, 3.8) is 0 Å². The molecule has 0 aromatic heterocycles. The first-order valence-electron chi connectivity index (χ1n) is 7.77. The molecule has 0 aliphatic carbocycles. The van der Waals surface area contributed by atoms with Gasteiger partial charge in [-0.05, 0) is 37.1 Å². The molecule has 0 unspecified atom stereocenters. The monoisotopic (exact) mass is 378 g/mol. The highest BCUT2D eigenvalue weighted by Gasteiger charge is 2.14. The van der Waals surface area contributed by atoms with Gasteiger partial charge in [-0.3, -0.25) is 14.9 Å². The van der Waals surface area contributed by atoms with Crippen molar-refractivity contribution >= 4 is 35.0 Å². The van der Waals surface area contributed by atoms with Crippen LogP contribution in [0.15, 0.2) is 48.5 Å². The first-order valence-corrected chi connectivity index (χ1v) is 9.20.